The lowest BCUT2D eigenvalue weighted by molar-refractivity contribution is 0.622. The van der Waals surface area contributed by atoms with Crippen LogP contribution in [-0.2, 0) is 0 Å². The molecule has 0 aromatic carbocycles. The molecule has 1 heterocycles. The first-order valence-electron chi connectivity index (χ1n) is 3.72. The van der Waals surface area contributed by atoms with Gasteiger partial charge in [0.15, 0.2) is 0 Å². The lowest BCUT2D eigenvalue weighted by Gasteiger charge is -2.01. The second kappa shape index (κ2) is 2.49. The van der Waals surface area contributed by atoms with Crippen LogP contribution in [0.15, 0.2) is 18.5 Å². The number of aromatic nitrogens is 1. The normalized spacial score (nSPS) is 16.5. The van der Waals surface area contributed by atoms with Gasteiger partial charge in [0.2, 0.25) is 0 Å². The van der Waals surface area contributed by atoms with Crippen LogP contribution in [0.2, 0.25) is 0 Å². The Labute approximate surface area is 64.5 Å². The zero-order chi connectivity index (χ0) is 7.68. The molecule has 58 valence electrons. The summed E-state index contributed by atoms with van der Waals surface area (Å²) in [5.74, 6) is -0.282. The Bertz CT molecular complexity index is 258. The van der Waals surface area contributed by atoms with Crippen LogP contribution in [0, 0.1) is 5.82 Å². The van der Waals surface area contributed by atoms with Crippen molar-refractivity contribution in [3.63, 3.8) is 0 Å². The van der Waals surface area contributed by atoms with Crippen LogP contribution >= 0.6 is 0 Å². The van der Waals surface area contributed by atoms with Gasteiger partial charge in [0.05, 0.1) is 18.1 Å². The van der Waals surface area contributed by atoms with E-state index in [1.807, 2.05) is 0 Å². The number of hydrogen-bond acceptors (Lipinski definition) is 2. The Hall–Kier alpha value is -1.12. The summed E-state index contributed by atoms with van der Waals surface area (Å²) in [6.45, 7) is 0. The Morgan fingerprint density at radius 1 is 1.45 bits per heavy atom. The summed E-state index contributed by atoms with van der Waals surface area (Å²) in [6, 6.07) is 2.02. The van der Waals surface area contributed by atoms with Gasteiger partial charge in [-0.1, -0.05) is 0 Å². The second-order valence-electron chi connectivity index (χ2n) is 2.81. The summed E-state index contributed by atoms with van der Waals surface area (Å²) in [5.41, 5.74) is 0.785. The maximum Gasteiger partial charge on any atom is 0.143 e. The molecular weight excluding hydrogens is 143 g/mol. The maximum atomic E-state index is 12.5. The first kappa shape index (κ1) is 6.58. The van der Waals surface area contributed by atoms with Crippen molar-refractivity contribution in [1.82, 2.24) is 4.98 Å². The van der Waals surface area contributed by atoms with Crippen molar-refractivity contribution in [3.05, 3.63) is 24.3 Å². The SMILES string of the molecule is Fc1cncc(NC2CC2)c1. The van der Waals surface area contributed by atoms with Gasteiger partial charge in [-0.2, -0.15) is 0 Å². The molecule has 1 fully saturated rings. The fourth-order valence-electron chi connectivity index (χ4n) is 0.954. The highest BCUT2D eigenvalue weighted by molar-refractivity contribution is 5.42. The van der Waals surface area contributed by atoms with Gasteiger partial charge in [-0.15, -0.1) is 0 Å². The second-order valence-corrected chi connectivity index (χ2v) is 2.81. The van der Waals surface area contributed by atoms with Gasteiger partial charge < -0.3 is 5.32 Å². The first-order chi connectivity index (χ1) is 5.34. The van der Waals surface area contributed by atoms with E-state index in [9.17, 15) is 4.39 Å². The van der Waals surface area contributed by atoms with E-state index in [2.05, 4.69) is 10.3 Å². The summed E-state index contributed by atoms with van der Waals surface area (Å²) in [4.78, 5) is 3.73. The molecule has 1 saturated carbocycles. The smallest absolute Gasteiger partial charge is 0.143 e. The van der Waals surface area contributed by atoms with Crippen LogP contribution in [0.4, 0.5) is 10.1 Å². The third-order valence-electron chi connectivity index (χ3n) is 1.65. The van der Waals surface area contributed by atoms with Crippen LogP contribution in [0.3, 0.4) is 0 Å². The molecule has 0 atom stereocenters. The number of hydrogen-bond donors (Lipinski definition) is 1. The molecule has 2 rings (SSSR count). The Kier molecular flexibility index (Phi) is 1.49. The molecule has 2 nitrogen and oxygen atoms in total. The van der Waals surface area contributed by atoms with Crippen molar-refractivity contribution in [2.75, 3.05) is 5.32 Å². The van der Waals surface area contributed by atoms with E-state index < -0.39 is 0 Å². The molecule has 0 aliphatic heterocycles. The molecule has 1 aromatic rings. The van der Waals surface area contributed by atoms with Gasteiger partial charge in [0.25, 0.3) is 0 Å². The van der Waals surface area contributed by atoms with Gasteiger partial charge in [0, 0.05) is 12.1 Å². The van der Waals surface area contributed by atoms with Crippen LogP contribution in [-0.4, -0.2) is 11.0 Å². The van der Waals surface area contributed by atoms with Gasteiger partial charge in [0.1, 0.15) is 5.82 Å². The number of anilines is 1. The minimum Gasteiger partial charge on any atom is -0.381 e. The van der Waals surface area contributed by atoms with Gasteiger partial charge >= 0.3 is 0 Å². The van der Waals surface area contributed by atoms with E-state index >= 15 is 0 Å². The standard InChI is InChI=1S/C8H9FN2/c9-6-3-8(5-10-4-6)11-7-1-2-7/h3-5,7,11H,1-2H2. The number of pyridine rings is 1. The molecule has 0 bridgehead atoms. The van der Waals surface area contributed by atoms with Gasteiger partial charge in [-0.25, -0.2) is 4.39 Å². The van der Waals surface area contributed by atoms with Crippen molar-refractivity contribution in [3.8, 4) is 0 Å². The fourth-order valence-corrected chi connectivity index (χ4v) is 0.954. The lowest BCUT2D eigenvalue weighted by Crippen LogP contribution is -2.01. The molecule has 1 aliphatic rings. The quantitative estimate of drug-likeness (QED) is 0.698. The average molecular weight is 152 g/mol. The number of rotatable bonds is 2. The van der Waals surface area contributed by atoms with Crippen LogP contribution in [0.25, 0.3) is 0 Å². The van der Waals surface area contributed by atoms with Crippen molar-refractivity contribution in [2.24, 2.45) is 0 Å². The number of halogens is 1. The Morgan fingerprint density at radius 3 is 2.91 bits per heavy atom. The number of nitrogens with zero attached hydrogens (tertiary/aromatic N) is 1. The lowest BCUT2D eigenvalue weighted by atomic mass is 10.4. The molecule has 0 saturated heterocycles. The molecule has 0 spiro atoms. The molecule has 0 radical (unpaired) electrons. The van der Waals surface area contributed by atoms with Crippen LogP contribution in [0.1, 0.15) is 12.8 Å². The minimum atomic E-state index is -0.282. The van der Waals surface area contributed by atoms with E-state index in [0.717, 1.165) is 5.69 Å². The van der Waals surface area contributed by atoms with Crippen molar-refractivity contribution >= 4 is 5.69 Å². The van der Waals surface area contributed by atoms with Crippen molar-refractivity contribution in [2.45, 2.75) is 18.9 Å². The Morgan fingerprint density at radius 2 is 2.27 bits per heavy atom. The predicted molar refractivity (Wildman–Crippen MR) is 40.8 cm³/mol. The maximum absolute atomic E-state index is 12.5. The summed E-state index contributed by atoms with van der Waals surface area (Å²) in [5, 5.41) is 3.15. The average Bonchev–Trinajstić information content (AvgIpc) is 2.71. The highest BCUT2D eigenvalue weighted by atomic mass is 19.1. The first-order valence-corrected chi connectivity index (χ1v) is 3.72. The molecule has 3 heteroatoms. The van der Waals surface area contributed by atoms with Gasteiger partial charge in [-0.3, -0.25) is 4.98 Å². The molecule has 0 amide bonds. The van der Waals surface area contributed by atoms with E-state index in [0.29, 0.717) is 6.04 Å². The summed E-state index contributed by atoms with van der Waals surface area (Å²) >= 11 is 0. The topological polar surface area (TPSA) is 24.9 Å². The van der Waals surface area contributed by atoms with Crippen molar-refractivity contribution < 1.29 is 4.39 Å². The molecule has 11 heavy (non-hydrogen) atoms. The predicted octanol–water partition coefficient (Wildman–Crippen LogP) is 1.79. The van der Waals surface area contributed by atoms with E-state index in [-0.39, 0.29) is 5.82 Å². The molecule has 0 unspecified atom stereocenters. The zero-order valence-corrected chi connectivity index (χ0v) is 6.05. The van der Waals surface area contributed by atoms with Crippen LogP contribution in [0.5, 0.6) is 0 Å². The zero-order valence-electron chi connectivity index (χ0n) is 6.05. The van der Waals surface area contributed by atoms with Crippen LogP contribution < -0.4 is 5.32 Å². The molecular formula is C8H9FN2. The molecule has 1 aromatic heterocycles. The molecule has 1 N–H and O–H groups in total. The van der Waals surface area contributed by atoms with Gasteiger partial charge in [-0.05, 0) is 12.8 Å². The summed E-state index contributed by atoms with van der Waals surface area (Å²) in [7, 11) is 0. The largest absolute Gasteiger partial charge is 0.381 e. The number of nitrogens with one attached hydrogen (secondary N) is 1. The highest BCUT2D eigenvalue weighted by Crippen LogP contribution is 2.24. The monoisotopic (exact) mass is 152 g/mol. The third-order valence-corrected chi connectivity index (χ3v) is 1.65. The van der Waals surface area contributed by atoms with E-state index in [1.165, 1.54) is 25.1 Å². The van der Waals surface area contributed by atoms with Crippen molar-refractivity contribution in [1.29, 1.82) is 0 Å². The fraction of sp³-hybridized carbons (Fsp3) is 0.375. The third kappa shape index (κ3) is 1.67. The highest BCUT2D eigenvalue weighted by Gasteiger charge is 2.20. The van der Waals surface area contributed by atoms with E-state index in [1.54, 1.807) is 6.20 Å². The Balaban J connectivity index is 2.10. The van der Waals surface area contributed by atoms with E-state index in [4.69, 9.17) is 0 Å². The molecule has 1 aliphatic carbocycles. The summed E-state index contributed by atoms with van der Waals surface area (Å²) in [6.07, 6.45) is 5.23. The summed E-state index contributed by atoms with van der Waals surface area (Å²) < 4.78 is 12.5. The minimum absolute atomic E-state index is 0.282.